The second-order valence-electron chi connectivity index (χ2n) is 7.53. The largest absolute Gasteiger partial charge is 0.493 e. The highest BCUT2D eigenvalue weighted by atomic mass is 79.9. The summed E-state index contributed by atoms with van der Waals surface area (Å²) >= 11 is 9.68. The molecule has 3 aromatic rings. The van der Waals surface area contributed by atoms with E-state index in [2.05, 4.69) is 45.6 Å². The van der Waals surface area contributed by atoms with E-state index in [0.29, 0.717) is 18.1 Å². The number of carbonyl (C=O) groups is 1. The van der Waals surface area contributed by atoms with Crippen molar-refractivity contribution in [2.75, 3.05) is 27.2 Å². The summed E-state index contributed by atoms with van der Waals surface area (Å²) in [6.45, 7) is 2.13. The number of ether oxygens (including phenoxy) is 1. The number of nitrogens with zero attached hydrogens (tertiary/aromatic N) is 2. The first-order valence-corrected chi connectivity index (χ1v) is 10.5. The Hall–Kier alpha value is -1.82. The molecule has 146 valence electrons. The Balaban J connectivity index is 1.67. The van der Waals surface area contributed by atoms with Crippen molar-refractivity contribution in [3.63, 3.8) is 0 Å². The molecule has 1 aliphatic rings. The standard InChI is InChI=1S/C22H22BrClN2O2/c1-25(2)7-8-26-12-19(18-5-3-16(23)11-20(18)26)22(27)15-9-14-10-17(24)4-6-21(14)28-13-15/h3-6,10-12,15H,7-9,13H2,1-2H3. The number of likely N-dealkylation sites (N-methyl/N-ethyl adjacent to an activating group) is 1. The van der Waals surface area contributed by atoms with Crippen molar-refractivity contribution in [3.8, 4) is 5.75 Å². The molecule has 1 aliphatic heterocycles. The lowest BCUT2D eigenvalue weighted by molar-refractivity contribution is 0.0856. The molecule has 4 rings (SSSR count). The molecule has 0 spiro atoms. The highest BCUT2D eigenvalue weighted by Gasteiger charge is 2.29. The zero-order valence-corrected chi connectivity index (χ0v) is 18.3. The van der Waals surface area contributed by atoms with E-state index in [1.807, 2.05) is 36.5 Å². The van der Waals surface area contributed by atoms with Crippen molar-refractivity contribution in [1.29, 1.82) is 0 Å². The molecule has 2 heterocycles. The minimum absolute atomic E-state index is 0.126. The van der Waals surface area contributed by atoms with E-state index in [9.17, 15) is 4.79 Å². The van der Waals surface area contributed by atoms with Crippen LogP contribution >= 0.6 is 27.5 Å². The molecule has 28 heavy (non-hydrogen) atoms. The summed E-state index contributed by atoms with van der Waals surface area (Å²) in [6.07, 6.45) is 2.64. The fourth-order valence-corrected chi connectivity index (χ4v) is 4.25. The third-order valence-corrected chi connectivity index (χ3v) is 5.93. The topological polar surface area (TPSA) is 34.5 Å². The van der Waals surface area contributed by atoms with E-state index in [4.69, 9.17) is 16.3 Å². The van der Waals surface area contributed by atoms with E-state index in [1.54, 1.807) is 0 Å². The van der Waals surface area contributed by atoms with Crippen molar-refractivity contribution in [1.82, 2.24) is 9.47 Å². The Morgan fingerprint density at radius 2 is 2.11 bits per heavy atom. The van der Waals surface area contributed by atoms with Gasteiger partial charge in [-0.2, -0.15) is 0 Å². The first kappa shape index (κ1) is 19.5. The van der Waals surface area contributed by atoms with Gasteiger partial charge in [0.15, 0.2) is 5.78 Å². The molecule has 4 nitrogen and oxygen atoms in total. The van der Waals surface area contributed by atoms with Gasteiger partial charge in [0.2, 0.25) is 0 Å². The van der Waals surface area contributed by atoms with Crippen LogP contribution < -0.4 is 4.74 Å². The Morgan fingerprint density at radius 1 is 1.29 bits per heavy atom. The van der Waals surface area contributed by atoms with Crippen molar-refractivity contribution >= 4 is 44.2 Å². The highest BCUT2D eigenvalue weighted by molar-refractivity contribution is 9.10. The lowest BCUT2D eigenvalue weighted by Crippen LogP contribution is -2.28. The lowest BCUT2D eigenvalue weighted by Gasteiger charge is -2.24. The first-order valence-electron chi connectivity index (χ1n) is 9.31. The van der Waals surface area contributed by atoms with E-state index < -0.39 is 0 Å². The normalized spacial score (nSPS) is 16.2. The number of hydrogen-bond acceptors (Lipinski definition) is 3. The van der Waals surface area contributed by atoms with E-state index in [0.717, 1.165) is 45.3 Å². The first-order chi connectivity index (χ1) is 13.4. The Morgan fingerprint density at radius 3 is 2.89 bits per heavy atom. The maximum atomic E-state index is 13.4. The van der Waals surface area contributed by atoms with Gasteiger partial charge in [-0.25, -0.2) is 0 Å². The maximum absolute atomic E-state index is 13.4. The molecule has 6 heteroatoms. The van der Waals surface area contributed by atoms with Gasteiger partial charge in [0.1, 0.15) is 5.75 Å². The Kier molecular flexibility index (Phi) is 5.50. The second kappa shape index (κ2) is 7.90. The molecule has 1 unspecified atom stereocenters. The second-order valence-corrected chi connectivity index (χ2v) is 8.88. The number of hydrogen-bond donors (Lipinski definition) is 0. The molecule has 0 bridgehead atoms. The summed E-state index contributed by atoms with van der Waals surface area (Å²) < 4.78 is 9.03. The number of benzene rings is 2. The summed E-state index contributed by atoms with van der Waals surface area (Å²) in [6, 6.07) is 11.7. The summed E-state index contributed by atoms with van der Waals surface area (Å²) in [5.41, 5.74) is 2.83. The summed E-state index contributed by atoms with van der Waals surface area (Å²) in [7, 11) is 4.10. The third-order valence-electron chi connectivity index (χ3n) is 5.20. The molecule has 0 aliphatic carbocycles. The van der Waals surface area contributed by atoms with Gasteiger partial charge in [-0.05, 0) is 56.4 Å². The lowest BCUT2D eigenvalue weighted by atomic mass is 9.89. The van der Waals surface area contributed by atoms with Crippen LogP contribution in [0.1, 0.15) is 15.9 Å². The van der Waals surface area contributed by atoms with Gasteiger partial charge < -0.3 is 14.2 Å². The molecule has 0 N–H and O–H groups in total. The molecule has 1 aromatic heterocycles. The molecular weight excluding hydrogens is 440 g/mol. The average Bonchev–Trinajstić information content (AvgIpc) is 3.02. The fourth-order valence-electron chi connectivity index (χ4n) is 3.71. The van der Waals surface area contributed by atoms with Crippen LogP contribution in [0.15, 0.2) is 47.1 Å². The number of halogens is 2. The van der Waals surface area contributed by atoms with Crippen LogP contribution in [-0.4, -0.2) is 42.5 Å². The predicted octanol–water partition coefficient (Wildman–Crippen LogP) is 5.05. The minimum Gasteiger partial charge on any atom is -0.493 e. The molecule has 0 saturated heterocycles. The zero-order chi connectivity index (χ0) is 19.8. The van der Waals surface area contributed by atoms with Crippen molar-refractivity contribution in [2.24, 2.45) is 5.92 Å². The predicted molar refractivity (Wildman–Crippen MR) is 117 cm³/mol. The number of fused-ring (bicyclic) bond motifs is 2. The molecule has 0 fully saturated rings. The molecule has 0 saturated carbocycles. The molecule has 2 aromatic carbocycles. The van der Waals surface area contributed by atoms with Crippen LogP contribution in [0, 0.1) is 5.92 Å². The van der Waals surface area contributed by atoms with Gasteiger partial charge in [-0.1, -0.05) is 33.6 Å². The Labute approximate surface area is 178 Å². The van der Waals surface area contributed by atoms with Gasteiger partial charge in [0.05, 0.1) is 12.5 Å². The number of aromatic nitrogens is 1. The van der Waals surface area contributed by atoms with Crippen LogP contribution in [0.25, 0.3) is 10.9 Å². The number of carbonyl (C=O) groups excluding carboxylic acids is 1. The average molecular weight is 462 g/mol. The van der Waals surface area contributed by atoms with E-state index in [-0.39, 0.29) is 11.7 Å². The fraction of sp³-hybridized carbons (Fsp3) is 0.318. The molecule has 1 atom stereocenters. The highest BCUT2D eigenvalue weighted by Crippen LogP contribution is 2.33. The van der Waals surface area contributed by atoms with Crippen LogP contribution in [-0.2, 0) is 13.0 Å². The van der Waals surface area contributed by atoms with Crippen LogP contribution in [0.5, 0.6) is 5.75 Å². The quantitative estimate of drug-likeness (QED) is 0.499. The van der Waals surface area contributed by atoms with Crippen LogP contribution in [0.4, 0.5) is 0 Å². The monoisotopic (exact) mass is 460 g/mol. The SMILES string of the molecule is CN(C)CCn1cc(C(=O)C2COc3ccc(Cl)cc3C2)c2ccc(Br)cc21. The van der Waals surface area contributed by atoms with Gasteiger partial charge in [0, 0.05) is 45.2 Å². The molecule has 0 amide bonds. The van der Waals surface area contributed by atoms with Crippen molar-refractivity contribution in [3.05, 3.63) is 63.2 Å². The van der Waals surface area contributed by atoms with Crippen LogP contribution in [0.3, 0.4) is 0 Å². The van der Waals surface area contributed by atoms with Crippen molar-refractivity contribution < 1.29 is 9.53 Å². The van der Waals surface area contributed by atoms with Gasteiger partial charge >= 0.3 is 0 Å². The van der Waals surface area contributed by atoms with Gasteiger partial charge in [0.25, 0.3) is 0 Å². The molecular formula is C22H22BrClN2O2. The number of Topliss-reactive ketones (excluding diaryl/α,β-unsaturated/α-hetero) is 1. The van der Waals surface area contributed by atoms with Crippen LogP contribution in [0.2, 0.25) is 5.02 Å². The van der Waals surface area contributed by atoms with E-state index >= 15 is 0 Å². The van der Waals surface area contributed by atoms with E-state index in [1.165, 1.54) is 0 Å². The maximum Gasteiger partial charge on any atom is 0.171 e. The van der Waals surface area contributed by atoms with Gasteiger partial charge in [-0.15, -0.1) is 0 Å². The van der Waals surface area contributed by atoms with Gasteiger partial charge in [-0.3, -0.25) is 4.79 Å². The third kappa shape index (κ3) is 3.84. The summed E-state index contributed by atoms with van der Waals surface area (Å²) in [5.74, 6) is 0.745. The zero-order valence-electron chi connectivity index (χ0n) is 15.9. The number of ketones is 1. The summed E-state index contributed by atoms with van der Waals surface area (Å²) in [4.78, 5) is 15.5. The Bertz CT molecular complexity index is 1040. The van der Waals surface area contributed by atoms with Crippen molar-refractivity contribution in [2.45, 2.75) is 13.0 Å². The number of rotatable bonds is 5. The summed E-state index contributed by atoms with van der Waals surface area (Å²) in [5, 5.41) is 1.66. The smallest absolute Gasteiger partial charge is 0.171 e. The minimum atomic E-state index is -0.206. The molecule has 0 radical (unpaired) electrons.